The molecule has 0 aromatic rings. The van der Waals surface area contributed by atoms with Crippen molar-refractivity contribution >= 4 is 25.7 Å². The average molecular weight is 688 g/mol. The molecule has 3 atom stereocenters. The van der Waals surface area contributed by atoms with Crippen LogP contribution in [0.15, 0.2) is 36.5 Å². The molecule has 0 aliphatic rings. The van der Waals surface area contributed by atoms with E-state index in [1.807, 2.05) is 0 Å². The molecule has 0 radical (unpaired) electrons. The molecule has 0 saturated heterocycles. The zero-order valence-electron chi connectivity index (χ0n) is 28.8. The van der Waals surface area contributed by atoms with Crippen LogP contribution < -0.4 is 5.32 Å². The standard InChI is InChI=1S/C35H62NO10P/c1-3-5-6-7-8-9-10-11-12-13-14-15-16-17-18-19-20-21-22-23-24-25-26-27-34(39)44-28-31(37)29-45-47(42,43)46-30-32(35(40)41)36-33(38)4-2/h8-9,11-12,14-15,31-32,37H,3-7,10,13,16-30H2,1-2H3,(H,36,38)(H,40,41)(H,42,43)/b9-8-,12-11-,15-14-. The number of aliphatic hydroxyl groups is 1. The zero-order valence-corrected chi connectivity index (χ0v) is 29.7. The number of unbranched alkanes of at least 4 members (excludes halogenated alkanes) is 13. The molecule has 11 nitrogen and oxygen atoms in total. The first kappa shape index (κ1) is 44.7. The van der Waals surface area contributed by atoms with Gasteiger partial charge in [0.15, 0.2) is 6.04 Å². The first-order chi connectivity index (χ1) is 22.6. The van der Waals surface area contributed by atoms with Gasteiger partial charge in [0.1, 0.15) is 12.7 Å². The van der Waals surface area contributed by atoms with Crippen molar-refractivity contribution in [2.45, 2.75) is 148 Å². The topological polar surface area (TPSA) is 169 Å². The maximum absolute atomic E-state index is 11.9. The highest BCUT2D eigenvalue weighted by Gasteiger charge is 2.28. The van der Waals surface area contributed by atoms with Crippen LogP contribution in [-0.2, 0) is 32.7 Å². The molecule has 0 fully saturated rings. The molecule has 0 heterocycles. The molecule has 3 unspecified atom stereocenters. The van der Waals surface area contributed by atoms with E-state index in [0.29, 0.717) is 6.42 Å². The highest BCUT2D eigenvalue weighted by molar-refractivity contribution is 7.47. The molecule has 0 spiro atoms. The van der Waals surface area contributed by atoms with Gasteiger partial charge in [0.25, 0.3) is 0 Å². The number of amides is 1. The summed E-state index contributed by atoms with van der Waals surface area (Å²) in [5.74, 6) is -2.50. The van der Waals surface area contributed by atoms with E-state index in [1.54, 1.807) is 0 Å². The van der Waals surface area contributed by atoms with Crippen LogP contribution in [0.3, 0.4) is 0 Å². The van der Waals surface area contributed by atoms with E-state index in [2.05, 4.69) is 57.7 Å². The Morgan fingerprint density at radius 3 is 1.72 bits per heavy atom. The highest BCUT2D eigenvalue weighted by atomic mass is 31.2. The molecule has 0 aliphatic carbocycles. The second kappa shape index (κ2) is 31.0. The van der Waals surface area contributed by atoms with Gasteiger partial charge in [0.05, 0.1) is 13.2 Å². The number of aliphatic carboxylic acids is 1. The van der Waals surface area contributed by atoms with Gasteiger partial charge in [-0.25, -0.2) is 9.36 Å². The number of hydrogen-bond acceptors (Lipinski definition) is 8. The van der Waals surface area contributed by atoms with Crippen LogP contribution in [0, 0.1) is 0 Å². The van der Waals surface area contributed by atoms with E-state index in [9.17, 15) is 28.9 Å². The van der Waals surface area contributed by atoms with Crippen LogP contribution in [-0.4, -0.2) is 64.9 Å². The number of phosphoric ester groups is 1. The summed E-state index contributed by atoms with van der Waals surface area (Å²) in [6.07, 6.45) is 32.0. The number of carbonyl (C=O) groups is 3. The average Bonchev–Trinajstić information content (AvgIpc) is 3.04. The van der Waals surface area contributed by atoms with Crippen LogP contribution in [0.4, 0.5) is 0 Å². The zero-order chi connectivity index (χ0) is 35.0. The monoisotopic (exact) mass is 687 g/mol. The molecule has 0 aromatic heterocycles. The number of carboxylic acids is 1. The third-order valence-electron chi connectivity index (χ3n) is 7.25. The molecule has 1 amide bonds. The molecule has 272 valence electrons. The lowest BCUT2D eigenvalue weighted by Gasteiger charge is -2.18. The summed E-state index contributed by atoms with van der Waals surface area (Å²) in [5, 5.41) is 21.1. The van der Waals surface area contributed by atoms with E-state index in [4.69, 9.17) is 9.84 Å². The number of aliphatic hydroxyl groups excluding tert-OH is 1. The lowest BCUT2D eigenvalue weighted by Crippen LogP contribution is -2.43. The Hall–Kier alpha value is -2.30. The van der Waals surface area contributed by atoms with Gasteiger partial charge >= 0.3 is 19.8 Å². The Morgan fingerprint density at radius 1 is 0.702 bits per heavy atom. The Balaban J connectivity index is 3.67. The van der Waals surface area contributed by atoms with E-state index in [-0.39, 0.29) is 12.8 Å². The SMILES string of the molecule is CCCCC/C=C\C/C=C\C/C=C\CCCCCCCCCCCCC(=O)OCC(O)COP(=O)(O)OCC(NC(=O)CC)C(=O)O. The number of rotatable bonds is 32. The minimum Gasteiger partial charge on any atom is -0.480 e. The van der Waals surface area contributed by atoms with Gasteiger partial charge in [0.2, 0.25) is 5.91 Å². The van der Waals surface area contributed by atoms with Crippen molar-refractivity contribution in [1.82, 2.24) is 5.32 Å². The van der Waals surface area contributed by atoms with Crippen LogP contribution in [0.5, 0.6) is 0 Å². The van der Waals surface area contributed by atoms with Crippen molar-refractivity contribution in [1.29, 1.82) is 0 Å². The summed E-state index contributed by atoms with van der Waals surface area (Å²) >= 11 is 0. The maximum atomic E-state index is 11.9. The van der Waals surface area contributed by atoms with Crippen LogP contribution in [0.1, 0.15) is 136 Å². The van der Waals surface area contributed by atoms with Gasteiger partial charge in [-0.3, -0.25) is 18.6 Å². The van der Waals surface area contributed by atoms with Crippen molar-refractivity contribution in [3.05, 3.63) is 36.5 Å². The fourth-order valence-corrected chi connectivity index (χ4v) is 5.17. The summed E-state index contributed by atoms with van der Waals surface area (Å²) in [7, 11) is -4.71. The van der Waals surface area contributed by atoms with Gasteiger partial charge < -0.3 is 25.2 Å². The number of hydrogen-bond donors (Lipinski definition) is 4. The molecular weight excluding hydrogens is 625 g/mol. The van der Waals surface area contributed by atoms with Crippen molar-refractivity contribution < 1.29 is 47.8 Å². The summed E-state index contributed by atoms with van der Waals surface area (Å²) < 4.78 is 26.2. The third kappa shape index (κ3) is 30.8. The predicted molar refractivity (Wildman–Crippen MR) is 185 cm³/mol. The molecule has 0 rings (SSSR count). The third-order valence-corrected chi connectivity index (χ3v) is 8.20. The van der Waals surface area contributed by atoms with Crippen molar-refractivity contribution in [3.63, 3.8) is 0 Å². The summed E-state index contributed by atoms with van der Waals surface area (Å²) in [4.78, 5) is 44.1. The first-order valence-corrected chi connectivity index (χ1v) is 19.0. The number of nitrogens with one attached hydrogen (secondary N) is 1. The number of carboxylic acid groups (broad SMARTS) is 1. The molecule has 0 aromatic carbocycles. The van der Waals surface area contributed by atoms with Crippen molar-refractivity contribution in [3.8, 4) is 0 Å². The number of ether oxygens (including phenoxy) is 1. The van der Waals surface area contributed by atoms with Gasteiger partial charge in [-0.2, -0.15) is 0 Å². The Labute approximate surface area is 282 Å². The fraction of sp³-hybridized carbons (Fsp3) is 0.743. The minimum atomic E-state index is -4.71. The molecule has 12 heteroatoms. The number of phosphoric acid groups is 1. The van der Waals surface area contributed by atoms with E-state index in [1.165, 1.54) is 71.1 Å². The minimum absolute atomic E-state index is 0.0259. The smallest absolute Gasteiger partial charge is 0.472 e. The van der Waals surface area contributed by atoms with Gasteiger partial charge in [-0.1, -0.05) is 115 Å². The normalized spacial score (nSPS) is 14.5. The number of allylic oxidation sites excluding steroid dienone is 6. The summed E-state index contributed by atoms with van der Waals surface area (Å²) in [6.45, 7) is 1.84. The van der Waals surface area contributed by atoms with Gasteiger partial charge in [0, 0.05) is 12.8 Å². The van der Waals surface area contributed by atoms with Crippen molar-refractivity contribution in [2.24, 2.45) is 0 Å². The molecule has 0 saturated carbocycles. The maximum Gasteiger partial charge on any atom is 0.472 e. The molecule has 47 heavy (non-hydrogen) atoms. The van der Waals surface area contributed by atoms with Crippen molar-refractivity contribution in [2.75, 3.05) is 19.8 Å². The van der Waals surface area contributed by atoms with E-state index in [0.717, 1.165) is 38.5 Å². The number of esters is 1. The number of carbonyl (C=O) groups excluding carboxylic acids is 2. The molecule has 0 bridgehead atoms. The molecular formula is C35H62NO10P. The Kier molecular flexibility index (Phi) is 29.5. The molecule has 0 aliphatic heterocycles. The van der Waals surface area contributed by atoms with Crippen LogP contribution in [0.2, 0.25) is 0 Å². The highest BCUT2D eigenvalue weighted by Crippen LogP contribution is 2.43. The van der Waals surface area contributed by atoms with Crippen LogP contribution in [0.25, 0.3) is 0 Å². The largest absolute Gasteiger partial charge is 0.480 e. The van der Waals surface area contributed by atoms with Gasteiger partial charge in [-0.05, 0) is 44.9 Å². The lowest BCUT2D eigenvalue weighted by atomic mass is 10.1. The lowest BCUT2D eigenvalue weighted by molar-refractivity contribution is -0.147. The first-order valence-electron chi connectivity index (χ1n) is 17.5. The fourth-order valence-electron chi connectivity index (χ4n) is 4.40. The predicted octanol–water partition coefficient (Wildman–Crippen LogP) is 7.71. The second-order valence-electron chi connectivity index (χ2n) is 11.7. The van der Waals surface area contributed by atoms with E-state index < -0.39 is 57.6 Å². The second-order valence-corrected chi connectivity index (χ2v) is 13.1. The Morgan fingerprint density at radius 2 is 1.19 bits per heavy atom. The molecule has 4 N–H and O–H groups in total. The van der Waals surface area contributed by atoms with Crippen LogP contribution >= 0.6 is 7.82 Å². The Bertz CT molecular complexity index is 953. The quantitative estimate of drug-likeness (QED) is 0.0238. The van der Waals surface area contributed by atoms with Gasteiger partial charge in [-0.15, -0.1) is 0 Å². The van der Waals surface area contributed by atoms with E-state index >= 15 is 0 Å². The summed E-state index contributed by atoms with van der Waals surface area (Å²) in [6, 6.07) is -1.54. The summed E-state index contributed by atoms with van der Waals surface area (Å²) in [5.41, 5.74) is 0.